The van der Waals surface area contributed by atoms with Gasteiger partial charge in [-0.25, -0.2) is 18.4 Å². The van der Waals surface area contributed by atoms with E-state index in [4.69, 9.17) is 5.14 Å². The first-order valence-electron chi connectivity index (χ1n) is 8.58. The van der Waals surface area contributed by atoms with Crippen LogP contribution in [0.1, 0.15) is 56.8 Å². The molecule has 3 N–H and O–H groups in total. The molecule has 1 aromatic carbocycles. The molecule has 0 aliphatic heterocycles. The molecule has 8 heteroatoms. The van der Waals surface area contributed by atoms with Crippen molar-refractivity contribution in [2.45, 2.75) is 56.2 Å². The summed E-state index contributed by atoms with van der Waals surface area (Å²) in [6.45, 7) is 7.60. The summed E-state index contributed by atoms with van der Waals surface area (Å²) in [5.41, 5.74) is 0.593. The van der Waals surface area contributed by atoms with Gasteiger partial charge in [0, 0.05) is 13.1 Å². The summed E-state index contributed by atoms with van der Waals surface area (Å²) in [6.07, 6.45) is 3.89. The number of unbranched alkanes of at least 4 members (excludes halogenated alkanes) is 2. The minimum atomic E-state index is -4.02. The number of primary sulfonamides is 1. The molecule has 0 aliphatic carbocycles. The van der Waals surface area contributed by atoms with Crippen LogP contribution in [0.5, 0.6) is 0 Å². The Balaban J connectivity index is 3.60. The lowest BCUT2D eigenvalue weighted by atomic mass is 10.1. The smallest absolute Gasteiger partial charge is 0.335 e. The van der Waals surface area contributed by atoms with Crippen LogP contribution in [0.2, 0.25) is 0 Å². The van der Waals surface area contributed by atoms with Gasteiger partial charge in [-0.1, -0.05) is 33.6 Å². The number of anilines is 1. The molecule has 0 heterocycles. The Labute approximate surface area is 154 Å². The van der Waals surface area contributed by atoms with Gasteiger partial charge in [-0.05, 0) is 30.7 Å². The number of nitrogens with two attached hydrogens (primary N) is 1. The van der Waals surface area contributed by atoms with Crippen molar-refractivity contribution in [3.8, 4) is 0 Å². The summed E-state index contributed by atoms with van der Waals surface area (Å²) in [5.74, 6) is -0.498. The summed E-state index contributed by atoms with van der Waals surface area (Å²) in [6, 6.07) is 2.73. The number of carboxylic acids is 1. The molecule has 142 valence electrons. The first-order chi connectivity index (χ1) is 11.8. The SMILES string of the molecule is CCCCN(CCCC)c1cc(C(=O)O)cc(S(N)(=O)=O)c1SCC. The molecule has 0 radical (unpaired) electrons. The number of hydrogen-bond acceptors (Lipinski definition) is 5. The topological polar surface area (TPSA) is 101 Å². The minimum absolute atomic E-state index is 0.0579. The predicted molar refractivity (Wildman–Crippen MR) is 103 cm³/mol. The maximum absolute atomic E-state index is 12.1. The summed E-state index contributed by atoms with van der Waals surface area (Å²) < 4.78 is 24.1. The van der Waals surface area contributed by atoms with Crippen LogP contribution in [0.3, 0.4) is 0 Å². The van der Waals surface area contributed by atoms with Crippen molar-refractivity contribution < 1.29 is 18.3 Å². The molecule has 0 aliphatic rings. The van der Waals surface area contributed by atoms with E-state index in [1.165, 1.54) is 11.8 Å². The second-order valence-electron chi connectivity index (χ2n) is 5.80. The van der Waals surface area contributed by atoms with Crippen LogP contribution in [0.4, 0.5) is 5.69 Å². The largest absolute Gasteiger partial charge is 0.478 e. The van der Waals surface area contributed by atoms with Gasteiger partial charge in [0.1, 0.15) is 0 Å². The Morgan fingerprint density at radius 3 is 2.12 bits per heavy atom. The molecule has 0 atom stereocenters. The van der Waals surface area contributed by atoms with Crippen LogP contribution in [-0.4, -0.2) is 38.3 Å². The normalized spacial score (nSPS) is 11.5. The highest BCUT2D eigenvalue weighted by Crippen LogP contribution is 2.37. The maximum Gasteiger partial charge on any atom is 0.335 e. The van der Waals surface area contributed by atoms with E-state index in [-0.39, 0.29) is 10.5 Å². The van der Waals surface area contributed by atoms with Crippen LogP contribution in [0.15, 0.2) is 21.9 Å². The molecule has 1 rings (SSSR count). The number of aromatic carboxylic acids is 1. The molecule has 1 aromatic rings. The number of sulfonamides is 1. The van der Waals surface area contributed by atoms with E-state index < -0.39 is 16.0 Å². The van der Waals surface area contributed by atoms with E-state index in [9.17, 15) is 18.3 Å². The number of rotatable bonds is 11. The molecule has 0 saturated carbocycles. The standard InChI is InChI=1S/C17H28N2O4S2/c1-4-7-9-19(10-8-5-2)14-11-13(17(20)21)12-15(25(18,22)23)16(14)24-6-3/h11-12H,4-10H2,1-3H3,(H,20,21)(H2,18,22,23). The highest BCUT2D eigenvalue weighted by Gasteiger charge is 2.24. The van der Waals surface area contributed by atoms with Crippen LogP contribution >= 0.6 is 11.8 Å². The number of hydrogen-bond donors (Lipinski definition) is 2. The van der Waals surface area contributed by atoms with Gasteiger partial charge in [0.05, 0.1) is 21.0 Å². The van der Waals surface area contributed by atoms with Crippen molar-refractivity contribution >= 4 is 33.4 Å². The Morgan fingerprint density at radius 1 is 1.16 bits per heavy atom. The lowest BCUT2D eigenvalue weighted by Crippen LogP contribution is -2.27. The third-order valence-corrected chi connectivity index (χ3v) is 5.85. The van der Waals surface area contributed by atoms with Crippen molar-refractivity contribution in [1.82, 2.24) is 0 Å². The van der Waals surface area contributed by atoms with Gasteiger partial charge in [-0.15, -0.1) is 11.8 Å². The van der Waals surface area contributed by atoms with Crippen molar-refractivity contribution in [3.63, 3.8) is 0 Å². The average Bonchev–Trinajstić information content (AvgIpc) is 2.54. The molecular formula is C17H28N2O4S2. The molecule has 6 nitrogen and oxygen atoms in total. The van der Waals surface area contributed by atoms with Gasteiger partial charge in [-0.3, -0.25) is 0 Å². The predicted octanol–water partition coefficient (Wildman–Crippen LogP) is 3.55. The second-order valence-corrected chi connectivity index (χ2v) is 8.60. The van der Waals surface area contributed by atoms with Crippen molar-refractivity contribution in [2.75, 3.05) is 23.7 Å². The highest BCUT2D eigenvalue weighted by molar-refractivity contribution is 8.00. The Hall–Kier alpha value is -1.25. The van der Waals surface area contributed by atoms with Gasteiger partial charge in [-0.2, -0.15) is 0 Å². The van der Waals surface area contributed by atoms with Gasteiger partial charge < -0.3 is 10.0 Å². The molecule has 0 saturated heterocycles. The number of nitrogens with zero attached hydrogens (tertiary/aromatic N) is 1. The molecule has 0 aromatic heterocycles. The third kappa shape index (κ3) is 6.20. The zero-order valence-electron chi connectivity index (χ0n) is 15.1. The van der Waals surface area contributed by atoms with Crippen LogP contribution in [-0.2, 0) is 10.0 Å². The first-order valence-corrected chi connectivity index (χ1v) is 11.1. The zero-order valence-corrected chi connectivity index (χ0v) is 16.8. The summed E-state index contributed by atoms with van der Waals surface area (Å²) in [5, 5.41) is 14.8. The maximum atomic E-state index is 12.1. The molecule has 0 spiro atoms. The van der Waals surface area contributed by atoms with Gasteiger partial charge in [0.2, 0.25) is 10.0 Å². The van der Waals surface area contributed by atoms with Crippen molar-refractivity contribution in [2.24, 2.45) is 5.14 Å². The lowest BCUT2D eigenvalue weighted by molar-refractivity contribution is 0.0696. The van der Waals surface area contributed by atoms with E-state index in [0.717, 1.165) is 44.8 Å². The van der Waals surface area contributed by atoms with E-state index >= 15 is 0 Å². The molecule has 0 amide bonds. The zero-order chi connectivity index (χ0) is 19.0. The van der Waals surface area contributed by atoms with Crippen molar-refractivity contribution in [1.29, 1.82) is 0 Å². The highest BCUT2D eigenvalue weighted by atomic mass is 32.2. The number of benzene rings is 1. The van der Waals surface area contributed by atoms with Crippen LogP contribution < -0.4 is 10.0 Å². The average molecular weight is 389 g/mol. The van der Waals surface area contributed by atoms with Crippen molar-refractivity contribution in [3.05, 3.63) is 17.7 Å². The van der Waals surface area contributed by atoms with E-state index in [1.807, 2.05) is 6.92 Å². The fraction of sp³-hybridized carbons (Fsp3) is 0.588. The fourth-order valence-electron chi connectivity index (χ4n) is 2.50. The Kier molecular flexibility index (Phi) is 8.75. The van der Waals surface area contributed by atoms with Gasteiger partial charge in [0.25, 0.3) is 0 Å². The van der Waals surface area contributed by atoms with Crippen LogP contribution in [0, 0.1) is 0 Å². The summed E-state index contributed by atoms with van der Waals surface area (Å²) in [7, 11) is -4.02. The molecular weight excluding hydrogens is 360 g/mol. The fourth-order valence-corrected chi connectivity index (χ4v) is 4.50. The molecule has 25 heavy (non-hydrogen) atoms. The number of thioether (sulfide) groups is 1. The monoisotopic (exact) mass is 388 g/mol. The summed E-state index contributed by atoms with van der Waals surface area (Å²) in [4.78, 5) is 14.0. The quantitative estimate of drug-likeness (QED) is 0.562. The molecule has 0 bridgehead atoms. The van der Waals surface area contributed by atoms with E-state index in [0.29, 0.717) is 16.3 Å². The van der Waals surface area contributed by atoms with E-state index in [1.54, 1.807) is 6.07 Å². The molecule has 0 unspecified atom stereocenters. The van der Waals surface area contributed by atoms with Gasteiger partial charge in [0.15, 0.2) is 0 Å². The van der Waals surface area contributed by atoms with Crippen LogP contribution in [0.25, 0.3) is 0 Å². The first kappa shape index (κ1) is 21.8. The van der Waals surface area contributed by atoms with E-state index in [2.05, 4.69) is 18.7 Å². The third-order valence-electron chi connectivity index (χ3n) is 3.78. The minimum Gasteiger partial charge on any atom is -0.478 e. The Bertz CT molecular complexity index is 682. The number of carboxylic acid groups (broad SMARTS) is 1. The second kappa shape index (κ2) is 10.0. The number of carbonyl (C=O) groups is 1. The summed E-state index contributed by atoms with van der Waals surface area (Å²) >= 11 is 1.38. The molecule has 0 fully saturated rings. The Morgan fingerprint density at radius 2 is 1.72 bits per heavy atom. The lowest BCUT2D eigenvalue weighted by Gasteiger charge is -2.28. The van der Waals surface area contributed by atoms with Gasteiger partial charge >= 0.3 is 5.97 Å².